The summed E-state index contributed by atoms with van der Waals surface area (Å²) in [6, 6.07) is -1.09. The number of carbonyl (C=O) groups is 4. The van der Waals surface area contributed by atoms with Gasteiger partial charge in [-0.2, -0.15) is 0 Å². The Labute approximate surface area is 656 Å². The van der Waals surface area contributed by atoms with Crippen LogP contribution in [-0.4, -0.2) is 348 Å². The van der Waals surface area contributed by atoms with Crippen LogP contribution in [0.15, 0.2) is 0 Å². The number of ether oxygens (including phenoxy) is 10. The van der Waals surface area contributed by atoms with E-state index in [-0.39, 0.29) is 187 Å². The average molecular weight is 1680 g/mol. The molecule has 0 bridgehead atoms. The molecule has 42 heteroatoms. The minimum atomic E-state index is -4.56. The fraction of sp³-hybridized carbons (Fsp3) is 0.943. The van der Waals surface area contributed by atoms with E-state index in [1.807, 2.05) is 0 Å². The normalized spacial score (nSPS) is 29.4. The van der Waals surface area contributed by atoms with Crippen molar-refractivity contribution in [3.05, 3.63) is 0 Å². The van der Waals surface area contributed by atoms with Gasteiger partial charge in [0.15, 0.2) is 18.9 Å². The second kappa shape index (κ2) is 51.8. The Morgan fingerprint density at radius 3 is 1.01 bits per heavy atom. The van der Waals surface area contributed by atoms with Crippen molar-refractivity contribution in [1.82, 2.24) is 20.0 Å². The summed E-state index contributed by atoms with van der Waals surface area (Å²) in [5, 5.41) is 92.4. The highest BCUT2D eigenvalue weighted by molar-refractivity contribution is 7.48. The Kier molecular flexibility index (Phi) is 46.3. The number of nitrogens with one attached hydrogen (secondary N) is 1. The van der Waals surface area contributed by atoms with Crippen LogP contribution < -0.4 is 5.32 Å². The Hall–Kier alpha value is -2.55. The molecule has 6 heterocycles. The molecule has 0 radical (unpaired) electrons. The quantitative estimate of drug-likeness (QED) is 0.0301. The molecule has 0 aliphatic carbocycles. The van der Waals surface area contributed by atoms with Gasteiger partial charge < -0.3 is 128 Å². The Bertz CT molecular complexity index is 2690. The molecule has 112 heavy (non-hydrogen) atoms. The third-order valence-corrected chi connectivity index (χ3v) is 22.9. The summed E-state index contributed by atoms with van der Waals surface area (Å²) in [6.07, 6.45) is -10.1. The lowest BCUT2D eigenvalue weighted by molar-refractivity contribution is -0.282. The monoisotopic (exact) mass is 1680 g/mol. The van der Waals surface area contributed by atoms with Gasteiger partial charge in [0, 0.05) is 124 Å². The highest BCUT2D eigenvalue weighted by atomic mass is 31.2. The fourth-order valence-electron chi connectivity index (χ4n) is 13.0. The Morgan fingerprint density at radius 1 is 0.438 bits per heavy atom. The first-order valence-electron chi connectivity index (χ1n) is 39.3. The van der Waals surface area contributed by atoms with Crippen LogP contribution in [0.3, 0.4) is 0 Å². The lowest BCUT2D eigenvalue weighted by Crippen LogP contribution is -2.64. The van der Waals surface area contributed by atoms with E-state index in [1.165, 1.54) is 14.0 Å². The van der Waals surface area contributed by atoms with Crippen molar-refractivity contribution < 1.29 is 168 Å². The molecule has 0 aromatic heterocycles. The number of unbranched alkanes of at least 4 members (excludes halogenated alkanes) is 3. The van der Waals surface area contributed by atoms with Crippen LogP contribution in [-0.2, 0) is 107 Å². The van der Waals surface area contributed by atoms with E-state index in [0.29, 0.717) is 64.7 Å². The molecule has 39 nitrogen and oxygen atoms in total. The minimum Gasteiger partial charge on any atom is -0.394 e. The zero-order valence-corrected chi connectivity index (χ0v) is 68.7. The molecule has 0 aromatic rings. The van der Waals surface area contributed by atoms with Gasteiger partial charge in [0.1, 0.15) is 54.4 Å². The SMILES string of the molecule is CC(C)C.COC(COCCCOP(=O)(O)OC1CCN(C(=O)CCCCO[C@@H]2OC(CO)[C@H](O)[C@H](O)C2C)CC1)(COCCCOP(=O)(O)OC1CCN(C(=O)CCCCO[C@@H]2OC(CO)[C@H](O)[C@H](O)C2C)CC1)COCCCOP(=O)(O)OC1CCN(C(=O)CCCCO[C@@H]2OC(CO)[C@H](O)[C@H](O)C2NC(C)=O)CC1. The van der Waals surface area contributed by atoms with Gasteiger partial charge in [0.2, 0.25) is 23.6 Å². The van der Waals surface area contributed by atoms with Gasteiger partial charge in [-0.15, -0.1) is 0 Å². The van der Waals surface area contributed by atoms with Gasteiger partial charge in [-0.05, 0) is 102 Å². The summed E-state index contributed by atoms with van der Waals surface area (Å²) in [6.45, 7) is 10.5. The summed E-state index contributed by atoms with van der Waals surface area (Å²) in [5.41, 5.74) is -1.29. The maximum atomic E-state index is 13.1. The maximum absolute atomic E-state index is 13.1. The van der Waals surface area contributed by atoms with Gasteiger partial charge in [-0.25, -0.2) is 13.7 Å². The number of hydrogen-bond donors (Lipinski definition) is 13. The smallest absolute Gasteiger partial charge is 0.394 e. The van der Waals surface area contributed by atoms with Gasteiger partial charge in [-0.3, -0.25) is 46.3 Å². The number of likely N-dealkylation sites (tertiary alicyclic amines) is 3. The predicted octanol–water partition coefficient (Wildman–Crippen LogP) is 1.28. The molecule has 9 unspecified atom stereocenters. The second-order valence-electron chi connectivity index (χ2n) is 29.8. The van der Waals surface area contributed by atoms with Crippen LogP contribution in [0.1, 0.15) is 157 Å². The molecule has 6 fully saturated rings. The van der Waals surface area contributed by atoms with Crippen LogP contribution >= 0.6 is 23.5 Å². The van der Waals surface area contributed by atoms with Crippen LogP contribution in [0, 0.1) is 17.8 Å². The zero-order chi connectivity index (χ0) is 82.6. The number of amides is 4. The molecule has 656 valence electrons. The van der Waals surface area contributed by atoms with Crippen molar-refractivity contribution in [2.24, 2.45) is 17.8 Å². The number of piperidine rings is 3. The fourth-order valence-corrected chi connectivity index (χ4v) is 16.1. The number of carbonyl (C=O) groups excluding carboxylic acids is 4. The minimum absolute atomic E-state index is 0.000753. The summed E-state index contributed by atoms with van der Waals surface area (Å²) in [5.74, 6) is -1.09. The van der Waals surface area contributed by atoms with Crippen LogP contribution in [0.5, 0.6) is 0 Å². The maximum Gasteiger partial charge on any atom is 0.472 e. The lowest BCUT2D eigenvalue weighted by Gasteiger charge is -2.42. The van der Waals surface area contributed by atoms with E-state index in [9.17, 15) is 93.5 Å². The first-order chi connectivity index (χ1) is 53.2. The van der Waals surface area contributed by atoms with E-state index in [2.05, 4.69) is 26.1 Å². The molecule has 0 aromatic carbocycles. The van der Waals surface area contributed by atoms with Crippen molar-refractivity contribution >= 4 is 47.1 Å². The van der Waals surface area contributed by atoms with Crippen molar-refractivity contribution in [2.75, 3.05) is 145 Å². The Balaban J connectivity index is 0.00000547. The van der Waals surface area contributed by atoms with Gasteiger partial charge >= 0.3 is 23.5 Å². The first-order valence-corrected chi connectivity index (χ1v) is 43.7. The molecule has 13 N–H and O–H groups in total. The number of methoxy groups -OCH3 is 1. The third kappa shape index (κ3) is 35.8. The van der Waals surface area contributed by atoms with E-state index in [4.69, 9.17) is 74.5 Å². The summed E-state index contributed by atoms with van der Waals surface area (Å²) in [7, 11) is -12.2. The number of nitrogens with zero attached hydrogens (tertiary/aromatic N) is 3. The number of aliphatic hydroxyl groups excluding tert-OH is 9. The van der Waals surface area contributed by atoms with Gasteiger partial charge in [0.05, 0.1) is 90.0 Å². The average Bonchev–Trinajstić information content (AvgIpc) is 0.821. The largest absolute Gasteiger partial charge is 0.472 e. The third-order valence-electron chi connectivity index (χ3n) is 19.6. The zero-order valence-electron chi connectivity index (χ0n) is 66.0. The molecule has 4 amide bonds. The van der Waals surface area contributed by atoms with E-state index in [0.717, 1.165) is 5.92 Å². The molecular weight excluding hydrogens is 1550 g/mol. The van der Waals surface area contributed by atoms with Crippen molar-refractivity contribution in [3.63, 3.8) is 0 Å². The summed E-state index contributed by atoms with van der Waals surface area (Å²) in [4.78, 5) is 87.5. The van der Waals surface area contributed by atoms with Crippen molar-refractivity contribution in [1.29, 1.82) is 0 Å². The van der Waals surface area contributed by atoms with Gasteiger partial charge in [0.25, 0.3) is 0 Å². The lowest BCUT2D eigenvalue weighted by atomic mass is 9.92. The molecule has 6 aliphatic rings. The van der Waals surface area contributed by atoms with Crippen LogP contribution in [0.4, 0.5) is 0 Å². The first kappa shape index (κ1) is 100. The van der Waals surface area contributed by atoms with E-state index in [1.54, 1.807) is 28.5 Å². The van der Waals surface area contributed by atoms with Crippen LogP contribution in [0.2, 0.25) is 0 Å². The molecule has 18 atom stereocenters. The second-order valence-corrected chi connectivity index (χ2v) is 34.1. The van der Waals surface area contributed by atoms with E-state index >= 15 is 0 Å². The topological polar surface area (TPSA) is 532 Å². The summed E-state index contributed by atoms with van der Waals surface area (Å²) < 4.78 is 129. The number of aliphatic hydroxyl groups is 9. The van der Waals surface area contributed by atoms with Gasteiger partial charge in [-0.1, -0.05) is 34.6 Å². The highest BCUT2D eigenvalue weighted by Crippen LogP contribution is 2.48. The van der Waals surface area contributed by atoms with Crippen molar-refractivity contribution in [3.8, 4) is 0 Å². The standard InChI is InChI=1S/C66H121N4O35P3.C4H10/c1-44-57(78)59(80)50(38-71)100-63(44)94-32-8-5-14-53(75)68-23-17-47(18-24-68)103-106(84,85)97-35-11-29-91-41-66(90-4,42-92-30-12-36-98-107(86,87)104-48-19-25-69(26-20-48)54(76)15-6-9-33-95-64-45(2)58(79)60(81)51(39-72)101-64)43-93-31-13-37-99-108(88,89)105-49-21-27-70(28-22-49)55(77)16-7-10-34-96-65-56(67-46(3)74)62(83)61(82)52(40-73)102-65;1-4(2)3/h44-45,47-52,56-65,71-73,78-83H,5-43H2,1-4H3,(H,67,74)(H,84,85)(H,86,87)(H,88,89);4H,1-3H3/t44?,45?,50?,51?,52?,56?,57-,58-,59+,60+,61+,62-,63-,64-,65-,66?;/m1./s1. The van der Waals surface area contributed by atoms with Crippen LogP contribution in [0.25, 0.3) is 0 Å². The molecule has 0 saturated carbocycles. The summed E-state index contributed by atoms with van der Waals surface area (Å²) >= 11 is 0. The predicted molar refractivity (Wildman–Crippen MR) is 395 cm³/mol. The number of rotatable bonds is 50. The molecule has 0 spiro atoms. The molecule has 6 aliphatic heterocycles. The molecule has 6 saturated heterocycles. The Morgan fingerprint density at radius 2 is 0.723 bits per heavy atom. The molecular formula is C70H131N4O35P3. The van der Waals surface area contributed by atoms with Crippen molar-refractivity contribution in [2.45, 2.75) is 261 Å². The van der Waals surface area contributed by atoms with E-state index < -0.39 is 165 Å². The number of hydrogen-bond acceptors (Lipinski definition) is 32. The number of phosphoric acid groups is 3. The number of phosphoric ester groups is 3. The molecule has 6 rings (SSSR count). The highest BCUT2D eigenvalue weighted by Gasteiger charge is 2.47.